The van der Waals surface area contributed by atoms with E-state index >= 15 is 0 Å². The minimum Gasteiger partial charge on any atom is -0.493 e. The number of rotatable bonds is 9. The highest BCUT2D eigenvalue weighted by Gasteiger charge is 2.07. The second-order valence-corrected chi connectivity index (χ2v) is 5.75. The normalized spacial score (nSPS) is 10.2. The van der Waals surface area contributed by atoms with Crippen LogP contribution in [0.15, 0.2) is 36.4 Å². The Balaban J connectivity index is 1.77. The minimum absolute atomic E-state index is 0.209. The van der Waals surface area contributed by atoms with Crippen molar-refractivity contribution in [3.63, 3.8) is 0 Å². The number of hydrogen-bond acceptors (Lipinski definition) is 4. The average molecular weight is 376 g/mol. The van der Waals surface area contributed by atoms with Crippen LogP contribution in [0.25, 0.3) is 0 Å². The van der Waals surface area contributed by atoms with Crippen molar-refractivity contribution in [3.8, 4) is 17.2 Å². The van der Waals surface area contributed by atoms with Crippen LogP contribution in [0.4, 0.5) is 9.18 Å². The zero-order valence-electron chi connectivity index (χ0n) is 15.8. The Morgan fingerprint density at radius 3 is 2.33 bits per heavy atom. The van der Waals surface area contributed by atoms with Crippen LogP contribution >= 0.6 is 0 Å². The maximum absolute atomic E-state index is 13.8. The number of urea groups is 1. The molecule has 0 spiro atoms. The fourth-order valence-corrected chi connectivity index (χ4v) is 2.53. The summed E-state index contributed by atoms with van der Waals surface area (Å²) in [7, 11) is 3.16. The molecular formula is C20H25FN2O4. The van der Waals surface area contributed by atoms with Crippen LogP contribution in [-0.2, 0) is 13.0 Å². The van der Waals surface area contributed by atoms with Crippen molar-refractivity contribution in [2.24, 2.45) is 0 Å². The van der Waals surface area contributed by atoms with Gasteiger partial charge >= 0.3 is 6.03 Å². The summed E-state index contributed by atoms with van der Waals surface area (Å²) >= 11 is 0. The summed E-state index contributed by atoms with van der Waals surface area (Å²) in [5.74, 6) is 1.08. The van der Waals surface area contributed by atoms with E-state index in [0.29, 0.717) is 36.6 Å². The first kappa shape index (κ1) is 20.4. The van der Waals surface area contributed by atoms with Gasteiger partial charge < -0.3 is 24.8 Å². The first-order valence-corrected chi connectivity index (χ1v) is 8.71. The molecule has 2 rings (SSSR count). The van der Waals surface area contributed by atoms with Crippen molar-refractivity contribution in [3.05, 3.63) is 53.3 Å². The first-order valence-electron chi connectivity index (χ1n) is 8.71. The van der Waals surface area contributed by atoms with E-state index in [1.54, 1.807) is 33.3 Å². The third kappa shape index (κ3) is 6.06. The molecule has 2 aromatic carbocycles. The quantitative estimate of drug-likeness (QED) is 0.705. The first-order chi connectivity index (χ1) is 13.1. The SMILES string of the molecule is CCOc1ccc(CNC(=O)NCCc2ccc(OC)c(OC)c2)cc1F. The maximum Gasteiger partial charge on any atom is 0.315 e. The van der Waals surface area contributed by atoms with Gasteiger partial charge in [0.05, 0.1) is 20.8 Å². The van der Waals surface area contributed by atoms with Crippen LogP contribution in [0.1, 0.15) is 18.1 Å². The molecule has 0 aliphatic carbocycles. The summed E-state index contributed by atoms with van der Waals surface area (Å²) in [5.41, 5.74) is 1.67. The minimum atomic E-state index is -0.440. The van der Waals surface area contributed by atoms with E-state index in [1.165, 1.54) is 6.07 Å². The van der Waals surface area contributed by atoms with E-state index in [1.807, 2.05) is 18.2 Å². The molecule has 0 unspecified atom stereocenters. The standard InChI is InChI=1S/C20H25FN2O4/c1-4-27-17-7-6-15(11-16(17)21)13-23-20(24)22-10-9-14-5-8-18(25-2)19(12-14)26-3/h5-8,11-12H,4,9-10,13H2,1-3H3,(H2,22,23,24). The summed E-state index contributed by atoms with van der Waals surface area (Å²) in [5, 5.41) is 5.48. The number of benzene rings is 2. The molecule has 2 N–H and O–H groups in total. The molecule has 2 aromatic rings. The van der Waals surface area contributed by atoms with Gasteiger partial charge in [-0.15, -0.1) is 0 Å². The van der Waals surface area contributed by atoms with Gasteiger partial charge in [0, 0.05) is 13.1 Å². The Kier molecular flexibility index (Phi) is 7.73. The number of halogens is 1. The van der Waals surface area contributed by atoms with E-state index < -0.39 is 5.82 Å². The van der Waals surface area contributed by atoms with Crippen LogP contribution in [0.3, 0.4) is 0 Å². The smallest absolute Gasteiger partial charge is 0.315 e. The van der Waals surface area contributed by atoms with Crippen LogP contribution < -0.4 is 24.8 Å². The van der Waals surface area contributed by atoms with Crippen molar-refractivity contribution < 1.29 is 23.4 Å². The molecular weight excluding hydrogens is 351 g/mol. The number of amides is 2. The predicted molar refractivity (Wildman–Crippen MR) is 101 cm³/mol. The Labute approximate surface area is 158 Å². The zero-order chi connectivity index (χ0) is 19.6. The predicted octanol–water partition coefficient (Wildman–Crippen LogP) is 3.28. The number of carbonyl (C=O) groups excluding carboxylic acids is 1. The van der Waals surface area contributed by atoms with E-state index in [4.69, 9.17) is 14.2 Å². The van der Waals surface area contributed by atoms with Crippen LogP contribution in [-0.4, -0.2) is 33.4 Å². The van der Waals surface area contributed by atoms with Gasteiger partial charge in [0.25, 0.3) is 0 Å². The molecule has 7 heteroatoms. The molecule has 27 heavy (non-hydrogen) atoms. The highest BCUT2D eigenvalue weighted by Crippen LogP contribution is 2.27. The van der Waals surface area contributed by atoms with Gasteiger partial charge in [0.2, 0.25) is 0 Å². The molecule has 0 atom stereocenters. The maximum atomic E-state index is 13.8. The highest BCUT2D eigenvalue weighted by atomic mass is 19.1. The molecule has 0 saturated carbocycles. The van der Waals surface area contributed by atoms with Crippen molar-refractivity contribution >= 4 is 6.03 Å². The number of hydrogen-bond donors (Lipinski definition) is 2. The van der Waals surface area contributed by atoms with Crippen molar-refractivity contribution in [2.75, 3.05) is 27.4 Å². The summed E-state index contributed by atoms with van der Waals surface area (Å²) in [6, 6.07) is 9.95. The van der Waals surface area contributed by atoms with Crippen LogP contribution in [0.5, 0.6) is 17.2 Å². The Hall–Kier alpha value is -2.96. The highest BCUT2D eigenvalue weighted by molar-refractivity contribution is 5.73. The number of methoxy groups -OCH3 is 2. The van der Waals surface area contributed by atoms with E-state index in [-0.39, 0.29) is 18.3 Å². The van der Waals surface area contributed by atoms with Crippen LogP contribution in [0, 0.1) is 5.82 Å². The second kappa shape index (κ2) is 10.3. The monoisotopic (exact) mass is 376 g/mol. The summed E-state index contributed by atoms with van der Waals surface area (Å²) in [6.45, 7) is 2.88. The van der Waals surface area contributed by atoms with Crippen molar-refractivity contribution in [2.45, 2.75) is 19.9 Å². The molecule has 0 aliphatic rings. The molecule has 0 saturated heterocycles. The third-order valence-electron chi connectivity index (χ3n) is 3.90. The van der Waals surface area contributed by atoms with Crippen LogP contribution in [0.2, 0.25) is 0 Å². The number of nitrogens with one attached hydrogen (secondary N) is 2. The zero-order valence-corrected chi connectivity index (χ0v) is 15.8. The van der Waals surface area contributed by atoms with Gasteiger partial charge in [-0.05, 0) is 48.7 Å². The fourth-order valence-electron chi connectivity index (χ4n) is 2.53. The summed E-state index contributed by atoms with van der Waals surface area (Å²) in [4.78, 5) is 11.9. The molecule has 0 heterocycles. The van der Waals surface area contributed by atoms with E-state index in [9.17, 15) is 9.18 Å². The molecule has 2 amide bonds. The molecule has 0 radical (unpaired) electrons. The largest absolute Gasteiger partial charge is 0.493 e. The van der Waals surface area contributed by atoms with E-state index in [0.717, 1.165) is 5.56 Å². The lowest BCUT2D eigenvalue weighted by atomic mass is 10.1. The van der Waals surface area contributed by atoms with E-state index in [2.05, 4.69) is 10.6 Å². The summed E-state index contributed by atoms with van der Waals surface area (Å²) in [6.07, 6.45) is 0.644. The van der Waals surface area contributed by atoms with Gasteiger partial charge in [-0.1, -0.05) is 12.1 Å². The number of carbonyl (C=O) groups is 1. The lowest BCUT2D eigenvalue weighted by molar-refractivity contribution is 0.240. The molecule has 146 valence electrons. The second-order valence-electron chi connectivity index (χ2n) is 5.75. The Morgan fingerprint density at radius 1 is 0.963 bits per heavy atom. The molecule has 0 aromatic heterocycles. The van der Waals surface area contributed by atoms with Gasteiger partial charge in [0.15, 0.2) is 23.1 Å². The van der Waals surface area contributed by atoms with Crippen molar-refractivity contribution in [1.29, 1.82) is 0 Å². The van der Waals surface area contributed by atoms with Crippen molar-refractivity contribution in [1.82, 2.24) is 10.6 Å². The number of ether oxygens (including phenoxy) is 3. The lowest BCUT2D eigenvalue weighted by Gasteiger charge is -2.11. The average Bonchev–Trinajstić information content (AvgIpc) is 2.68. The third-order valence-corrected chi connectivity index (χ3v) is 3.90. The Bertz CT molecular complexity index is 768. The van der Waals surface area contributed by atoms with Gasteiger partial charge in [-0.2, -0.15) is 0 Å². The molecule has 0 bridgehead atoms. The lowest BCUT2D eigenvalue weighted by Crippen LogP contribution is -2.36. The molecule has 6 nitrogen and oxygen atoms in total. The van der Waals surface area contributed by atoms with Gasteiger partial charge in [0.1, 0.15) is 0 Å². The topological polar surface area (TPSA) is 68.8 Å². The van der Waals surface area contributed by atoms with Gasteiger partial charge in [-0.3, -0.25) is 0 Å². The summed E-state index contributed by atoms with van der Waals surface area (Å²) < 4.78 is 29.4. The molecule has 0 fully saturated rings. The molecule has 0 aliphatic heterocycles. The fraction of sp³-hybridized carbons (Fsp3) is 0.350. The Morgan fingerprint density at radius 2 is 1.67 bits per heavy atom. The van der Waals surface area contributed by atoms with Gasteiger partial charge in [-0.25, -0.2) is 9.18 Å².